The molecule has 0 spiro atoms. The van der Waals surface area contributed by atoms with Crippen LogP contribution in [0.1, 0.15) is 41.3 Å². The van der Waals surface area contributed by atoms with E-state index in [1.807, 2.05) is 31.2 Å². The van der Waals surface area contributed by atoms with E-state index in [1.54, 1.807) is 19.1 Å². The maximum Gasteiger partial charge on any atom is 0.269 e. The van der Waals surface area contributed by atoms with Gasteiger partial charge in [0.2, 0.25) is 11.0 Å². The van der Waals surface area contributed by atoms with Gasteiger partial charge >= 0.3 is 0 Å². The van der Waals surface area contributed by atoms with Crippen molar-refractivity contribution >= 4 is 46.9 Å². The van der Waals surface area contributed by atoms with Crippen LogP contribution in [0, 0.1) is 28.9 Å². The topological polar surface area (TPSA) is 121 Å². The van der Waals surface area contributed by atoms with Crippen molar-refractivity contribution in [1.29, 1.82) is 0 Å². The van der Waals surface area contributed by atoms with Crippen LogP contribution in [0.5, 0.6) is 0 Å². The summed E-state index contributed by atoms with van der Waals surface area (Å²) in [5.41, 5.74) is 2.70. The molecule has 0 saturated carbocycles. The molecule has 2 aromatic carbocycles. The highest BCUT2D eigenvalue weighted by molar-refractivity contribution is 8.05. The Balaban J connectivity index is 1.41. The van der Waals surface area contributed by atoms with Crippen LogP contribution in [0.15, 0.2) is 59.1 Å². The molecule has 0 bridgehead atoms. The van der Waals surface area contributed by atoms with Gasteiger partial charge in [-0.3, -0.25) is 34.3 Å². The van der Waals surface area contributed by atoms with E-state index in [9.17, 15) is 29.6 Å². The molecule has 2 aromatic rings. The second-order valence-electron chi connectivity index (χ2n) is 10.7. The second kappa shape index (κ2) is 11.1. The van der Waals surface area contributed by atoms with E-state index in [-0.39, 0.29) is 35.5 Å². The first-order chi connectivity index (χ1) is 19.1. The number of fused-ring (bicyclic) bond motifs is 1. The lowest BCUT2D eigenvalue weighted by atomic mass is 9.77. The van der Waals surface area contributed by atoms with E-state index in [4.69, 9.17) is 0 Å². The third-order valence-electron chi connectivity index (χ3n) is 8.09. The van der Waals surface area contributed by atoms with Gasteiger partial charge in [0.25, 0.3) is 5.69 Å². The average Bonchev–Trinajstić information content (AvgIpc) is 3.50. The molecule has 2 saturated heterocycles. The maximum atomic E-state index is 13.4. The Kier molecular flexibility index (Phi) is 7.93. The van der Waals surface area contributed by atoms with E-state index in [2.05, 4.69) is 17.5 Å². The summed E-state index contributed by atoms with van der Waals surface area (Å²) in [6, 6.07) is 13.6. The predicted molar refractivity (Wildman–Crippen MR) is 155 cm³/mol. The number of aliphatic hydroxyl groups excluding tert-OH is 1. The fraction of sp³-hybridized carbons (Fsp3) is 0.414. The number of nitro groups is 1. The van der Waals surface area contributed by atoms with Crippen LogP contribution >= 0.6 is 24.4 Å². The van der Waals surface area contributed by atoms with Crippen LogP contribution in [0.3, 0.4) is 0 Å². The molecule has 1 N–H and O–H groups in total. The number of nitrogens with zero attached hydrogens (tertiary/aromatic N) is 3. The zero-order valence-electron chi connectivity index (χ0n) is 22.3. The molecule has 4 atom stereocenters. The number of aryl methyl sites for hydroxylation is 1. The zero-order chi connectivity index (χ0) is 28.8. The summed E-state index contributed by atoms with van der Waals surface area (Å²) in [6.45, 7) is 5.26. The number of thioether (sulfide) groups is 1. The number of non-ortho nitro benzene ring substituents is 1. The Morgan fingerprint density at radius 3 is 2.48 bits per heavy atom. The largest absolute Gasteiger partial charge is 0.392 e. The number of amides is 1. The number of thiol groups is 1. The first-order valence-corrected chi connectivity index (χ1v) is 14.6. The molecule has 40 heavy (non-hydrogen) atoms. The number of hydrogen-bond donors (Lipinski definition) is 2. The number of carbonyl (C=O) groups is 3. The Bertz CT molecular complexity index is 1390. The predicted octanol–water partition coefficient (Wildman–Crippen LogP) is 3.99. The zero-order valence-corrected chi connectivity index (χ0v) is 24.0. The standard InChI is InChI=1S/C29H31N3O6S2/c1-3-22(33)24-27(35)31-25(28(36)39)26(40-29(24,31)14-18-6-10-21(11-7-18)32(37)38)20-12-13-30(15-20)16-23(34)19-8-4-17(2)5-9-19/h4-11,20,22,24,33H,3,12-16H2,1-2H3,(H,36,39)/t20-,22-,24+,29+/m0/s1. The summed E-state index contributed by atoms with van der Waals surface area (Å²) in [5, 5.41) is 21.5. The Morgan fingerprint density at radius 2 is 1.88 bits per heavy atom. The van der Waals surface area contributed by atoms with Gasteiger partial charge in [0, 0.05) is 41.5 Å². The second-order valence-corrected chi connectivity index (χ2v) is 12.5. The van der Waals surface area contributed by atoms with Crippen LogP contribution in [-0.2, 0) is 16.0 Å². The molecule has 0 aromatic heterocycles. The number of carbonyl (C=O) groups excluding carboxylic acids is 3. The number of aliphatic hydroxyl groups is 1. The molecule has 3 heterocycles. The molecule has 210 valence electrons. The lowest BCUT2D eigenvalue weighted by Crippen LogP contribution is -2.71. The number of ketones is 1. The molecule has 0 aliphatic carbocycles. The number of rotatable bonds is 10. The molecule has 3 aliphatic rings. The normalized spacial score (nSPS) is 25.1. The van der Waals surface area contributed by atoms with Gasteiger partial charge in [0.15, 0.2) is 5.78 Å². The van der Waals surface area contributed by atoms with Crippen LogP contribution in [0.4, 0.5) is 5.69 Å². The van der Waals surface area contributed by atoms with Crippen molar-refractivity contribution in [2.75, 3.05) is 19.6 Å². The minimum Gasteiger partial charge on any atom is -0.392 e. The first-order valence-electron chi connectivity index (χ1n) is 13.3. The van der Waals surface area contributed by atoms with Crippen molar-refractivity contribution in [2.45, 2.75) is 44.1 Å². The van der Waals surface area contributed by atoms with Crippen molar-refractivity contribution in [1.82, 2.24) is 9.80 Å². The summed E-state index contributed by atoms with van der Waals surface area (Å²) in [4.78, 5) is 53.3. The summed E-state index contributed by atoms with van der Waals surface area (Å²) in [6.07, 6.45) is 0.478. The third-order valence-corrected chi connectivity index (χ3v) is 9.98. The molecule has 11 heteroatoms. The quantitative estimate of drug-likeness (QED) is 0.142. The molecular weight excluding hydrogens is 550 g/mol. The van der Waals surface area contributed by atoms with E-state index in [0.717, 1.165) is 16.0 Å². The monoisotopic (exact) mass is 581 g/mol. The summed E-state index contributed by atoms with van der Waals surface area (Å²) >= 11 is 5.58. The summed E-state index contributed by atoms with van der Waals surface area (Å²) < 4.78 is 0. The fourth-order valence-corrected chi connectivity index (χ4v) is 8.22. The molecular formula is C29H31N3O6S2. The van der Waals surface area contributed by atoms with Gasteiger partial charge in [-0.05, 0) is 31.9 Å². The van der Waals surface area contributed by atoms with E-state index < -0.39 is 26.9 Å². The highest BCUT2D eigenvalue weighted by Gasteiger charge is 2.68. The van der Waals surface area contributed by atoms with Gasteiger partial charge in [-0.1, -0.05) is 73.3 Å². The highest BCUT2D eigenvalue weighted by atomic mass is 32.2. The maximum absolute atomic E-state index is 13.4. The number of likely N-dealkylation sites (tertiary alicyclic amines) is 1. The molecule has 1 amide bonds. The van der Waals surface area contributed by atoms with Gasteiger partial charge in [0.05, 0.1) is 23.5 Å². The molecule has 9 nitrogen and oxygen atoms in total. The van der Waals surface area contributed by atoms with Crippen LogP contribution < -0.4 is 0 Å². The number of benzene rings is 2. The van der Waals surface area contributed by atoms with Gasteiger partial charge in [-0.25, -0.2) is 0 Å². The number of β-lactam (4-membered cyclic amide) rings is 1. The van der Waals surface area contributed by atoms with Crippen molar-refractivity contribution in [3.63, 3.8) is 0 Å². The van der Waals surface area contributed by atoms with Crippen LogP contribution in [0.25, 0.3) is 0 Å². The minimum atomic E-state index is -0.934. The van der Waals surface area contributed by atoms with Gasteiger partial charge in [-0.15, -0.1) is 0 Å². The number of nitro benzene ring substituents is 1. The fourth-order valence-electron chi connectivity index (χ4n) is 6.00. The number of Topliss-reactive ketones (excluding diaryl/α,β-unsaturated/α-hetero) is 1. The molecule has 3 aliphatic heterocycles. The van der Waals surface area contributed by atoms with Crippen LogP contribution in [0.2, 0.25) is 0 Å². The number of hydrogen-bond acceptors (Lipinski definition) is 8. The minimum absolute atomic E-state index is 0.0268. The summed E-state index contributed by atoms with van der Waals surface area (Å²) in [7, 11) is 0. The van der Waals surface area contributed by atoms with Crippen LogP contribution in [-0.4, -0.2) is 67.2 Å². The van der Waals surface area contributed by atoms with Crippen molar-refractivity contribution < 1.29 is 24.4 Å². The average molecular weight is 582 g/mol. The van der Waals surface area contributed by atoms with E-state index in [1.165, 1.54) is 28.8 Å². The molecule has 2 fully saturated rings. The first kappa shape index (κ1) is 28.5. The van der Waals surface area contributed by atoms with Crippen molar-refractivity contribution in [3.05, 3.63) is 85.9 Å². The smallest absolute Gasteiger partial charge is 0.269 e. The van der Waals surface area contributed by atoms with E-state index >= 15 is 0 Å². The van der Waals surface area contributed by atoms with E-state index in [0.29, 0.717) is 37.9 Å². The van der Waals surface area contributed by atoms with Gasteiger partial charge < -0.3 is 5.11 Å². The van der Waals surface area contributed by atoms with Crippen molar-refractivity contribution in [3.8, 4) is 0 Å². The molecule has 0 radical (unpaired) electrons. The van der Waals surface area contributed by atoms with Crippen molar-refractivity contribution in [2.24, 2.45) is 11.8 Å². The summed E-state index contributed by atoms with van der Waals surface area (Å²) in [5.74, 6) is -1.11. The Labute approximate surface area is 242 Å². The Hall–Kier alpha value is -2.99. The van der Waals surface area contributed by atoms with Gasteiger partial charge in [-0.2, -0.15) is 0 Å². The lowest BCUT2D eigenvalue weighted by molar-refractivity contribution is -0.384. The molecule has 0 unspecified atom stereocenters. The Morgan fingerprint density at radius 1 is 1.20 bits per heavy atom. The molecule has 5 rings (SSSR count). The lowest BCUT2D eigenvalue weighted by Gasteiger charge is -2.55. The highest BCUT2D eigenvalue weighted by Crippen LogP contribution is 2.62. The van der Waals surface area contributed by atoms with Gasteiger partial charge in [0.1, 0.15) is 10.6 Å². The SMILES string of the molecule is CC[C@H](O)[C@@H]1C(=O)N2C(C(=O)S)=C([C@H]3CCN(CC(=O)c4ccc(C)cc4)C3)S[C@]12Cc1ccc([N+](=O)[O-])cc1. The third kappa shape index (κ3) is 5.00.